The van der Waals surface area contributed by atoms with Gasteiger partial charge >= 0.3 is 6.03 Å². The minimum absolute atomic E-state index is 0.200. The summed E-state index contributed by atoms with van der Waals surface area (Å²) in [6.07, 6.45) is 2.78. The maximum Gasteiger partial charge on any atom is 0.319 e. The van der Waals surface area contributed by atoms with Crippen LogP contribution < -0.4 is 15.4 Å². The fourth-order valence-electron chi connectivity index (χ4n) is 2.33. The van der Waals surface area contributed by atoms with Gasteiger partial charge in [-0.1, -0.05) is 29.8 Å². The summed E-state index contributed by atoms with van der Waals surface area (Å²) in [7, 11) is -3.63. The summed E-state index contributed by atoms with van der Waals surface area (Å²) in [4.78, 5) is 15.6. The van der Waals surface area contributed by atoms with Gasteiger partial charge in [-0.05, 0) is 35.9 Å². The molecule has 3 N–H and O–H groups in total. The Hall–Kier alpha value is -3.04. The molecule has 0 saturated carbocycles. The lowest BCUT2D eigenvalue weighted by Gasteiger charge is -2.10. The number of carbonyl (C=O) groups excluding carboxylic acids is 1. The van der Waals surface area contributed by atoms with Gasteiger partial charge in [0, 0.05) is 16.4 Å². The number of halogens is 1. The molecule has 0 saturated heterocycles. The van der Waals surface area contributed by atoms with Crippen molar-refractivity contribution in [3.05, 3.63) is 77.5 Å². The van der Waals surface area contributed by atoms with E-state index in [1.807, 2.05) is 0 Å². The molecule has 0 fully saturated rings. The van der Waals surface area contributed by atoms with Gasteiger partial charge in [0.2, 0.25) is 10.0 Å². The van der Waals surface area contributed by atoms with Crippen LogP contribution in [0.5, 0.6) is 0 Å². The van der Waals surface area contributed by atoms with Crippen LogP contribution in [0.1, 0.15) is 11.3 Å². The number of rotatable bonds is 7. The molecule has 2 amide bonds. The largest absolute Gasteiger partial charge is 0.447 e. The van der Waals surface area contributed by atoms with Crippen molar-refractivity contribution in [2.75, 3.05) is 10.0 Å². The number of amides is 2. The number of urea groups is 1. The molecule has 3 rings (SSSR count). The molecule has 10 heteroatoms. The number of sulfonamides is 1. The van der Waals surface area contributed by atoms with Gasteiger partial charge in [0.25, 0.3) is 0 Å². The quantitative estimate of drug-likeness (QED) is 0.540. The number of anilines is 2. The molecular weight excluding hydrogens is 404 g/mol. The van der Waals surface area contributed by atoms with Gasteiger partial charge in [-0.2, -0.15) is 0 Å². The van der Waals surface area contributed by atoms with Crippen molar-refractivity contribution in [2.24, 2.45) is 0 Å². The third-order valence-electron chi connectivity index (χ3n) is 3.63. The van der Waals surface area contributed by atoms with Crippen molar-refractivity contribution < 1.29 is 17.6 Å². The van der Waals surface area contributed by atoms with Crippen molar-refractivity contribution in [3.63, 3.8) is 0 Å². The topological polar surface area (TPSA) is 113 Å². The van der Waals surface area contributed by atoms with E-state index in [4.69, 9.17) is 16.0 Å². The molecule has 1 heterocycles. The standard InChI is InChI=1S/C18H17ClN4O4S/c19-17-4-2-1-3-13(17)11-28(25,26)23-15-7-5-14(6-8-15)22-18(24)21-10-16-9-20-12-27-16/h1-9,12,23H,10-11H2,(H2,21,22,24). The summed E-state index contributed by atoms with van der Waals surface area (Å²) in [6.45, 7) is 0.200. The number of nitrogens with zero attached hydrogens (tertiary/aromatic N) is 1. The van der Waals surface area contributed by atoms with Gasteiger partial charge in [0.15, 0.2) is 6.39 Å². The van der Waals surface area contributed by atoms with Crippen molar-refractivity contribution in [1.82, 2.24) is 10.3 Å². The number of nitrogens with one attached hydrogen (secondary N) is 3. The molecule has 8 nitrogen and oxygen atoms in total. The first-order valence-corrected chi connectivity index (χ1v) is 10.2. The van der Waals surface area contributed by atoms with Gasteiger partial charge in [-0.25, -0.2) is 18.2 Å². The lowest BCUT2D eigenvalue weighted by atomic mass is 10.2. The van der Waals surface area contributed by atoms with E-state index in [1.54, 1.807) is 48.5 Å². The first kappa shape index (κ1) is 19.7. The van der Waals surface area contributed by atoms with Crippen LogP contribution in [-0.2, 0) is 22.3 Å². The summed E-state index contributed by atoms with van der Waals surface area (Å²) in [5.74, 6) is 0.287. The minimum atomic E-state index is -3.63. The Morgan fingerprint density at radius 2 is 1.79 bits per heavy atom. The van der Waals surface area contributed by atoms with E-state index in [0.29, 0.717) is 27.7 Å². The SMILES string of the molecule is O=C(NCc1cnco1)Nc1ccc(NS(=O)(=O)Cc2ccccc2Cl)cc1. The van der Waals surface area contributed by atoms with Crippen LogP contribution in [0.15, 0.2) is 65.5 Å². The Labute approximate surface area is 167 Å². The van der Waals surface area contributed by atoms with Gasteiger partial charge in [-0.3, -0.25) is 4.72 Å². The maximum atomic E-state index is 12.3. The molecule has 0 spiro atoms. The van der Waals surface area contributed by atoms with Crippen LogP contribution >= 0.6 is 11.6 Å². The zero-order valence-electron chi connectivity index (χ0n) is 14.6. The van der Waals surface area contributed by atoms with Crippen LogP contribution in [0.25, 0.3) is 0 Å². The number of hydrogen-bond donors (Lipinski definition) is 3. The Morgan fingerprint density at radius 3 is 2.46 bits per heavy atom. The van der Waals surface area contributed by atoms with Crippen LogP contribution in [0.3, 0.4) is 0 Å². The summed E-state index contributed by atoms with van der Waals surface area (Å²) < 4.78 is 32.1. The van der Waals surface area contributed by atoms with Gasteiger partial charge in [0.05, 0.1) is 18.5 Å². The van der Waals surface area contributed by atoms with E-state index >= 15 is 0 Å². The van der Waals surface area contributed by atoms with Gasteiger partial charge < -0.3 is 15.1 Å². The Balaban J connectivity index is 1.55. The highest BCUT2D eigenvalue weighted by Crippen LogP contribution is 2.20. The molecule has 3 aromatic rings. The van der Waals surface area contributed by atoms with E-state index in [1.165, 1.54) is 12.6 Å². The van der Waals surface area contributed by atoms with Gasteiger partial charge in [0.1, 0.15) is 5.76 Å². The fourth-order valence-corrected chi connectivity index (χ4v) is 3.84. The third kappa shape index (κ3) is 5.73. The van der Waals surface area contributed by atoms with E-state index in [-0.39, 0.29) is 12.3 Å². The van der Waals surface area contributed by atoms with Crippen molar-refractivity contribution in [1.29, 1.82) is 0 Å². The zero-order valence-corrected chi connectivity index (χ0v) is 16.1. The molecule has 2 aromatic carbocycles. The van der Waals surface area contributed by atoms with E-state index < -0.39 is 16.1 Å². The number of carbonyl (C=O) groups is 1. The Bertz CT molecular complexity index is 1040. The predicted octanol–water partition coefficient (Wildman–Crippen LogP) is 3.59. The summed E-state index contributed by atoms with van der Waals surface area (Å²) >= 11 is 6.01. The normalized spacial score (nSPS) is 11.0. The molecular formula is C18H17ClN4O4S. The molecule has 1 aromatic heterocycles. The number of aromatic nitrogens is 1. The second kappa shape index (κ2) is 8.77. The minimum Gasteiger partial charge on any atom is -0.447 e. The summed E-state index contributed by atoms with van der Waals surface area (Å²) in [5, 5.41) is 5.64. The molecule has 0 aliphatic heterocycles. The second-order valence-electron chi connectivity index (χ2n) is 5.81. The first-order chi connectivity index (χ1) is 13.4. The van der Waals surface area contributed by atoms with E-state index in [2.05, 4.69) is 20.3 Å². The molecule has 0 bridgehead atoms. The van der Waals surface area contributed by atoms with Crippen molar-refractivity contribution in [3.8, 4) is 0 Å². The fraction of sp³-hybridized carbons (Fsp3) is 0.111. The lowest BCUT2D eigenvalue weighted by Crippen LogP contribution is -2.28. The number of oxazole rings is 1. The number of hydrogen-bond acceptors (Lipinski definition) is 5. The number of benzene rings is 2. The third-order valence-corrected chi connectivity index (χ3v) is 5.23. The van der Waals surface area contributed by atoms with Crippen LogP contribution in [0.4, 0.5) is 16.2 Å². The maximum absolute atomic E-state index is 12.3. The molecule has 0 unspecified atom stereocenters. The molecule has 146 valence electrons. The molecule has 0 aliphatic carbocycles. The molecule has 28 heavy (non-hydrogen) atoms. The van der Waals surface area contributed by atoms with Crippen LogP contribution in [-0.4, -0.2) is 19.4 Å². The lowest BCUT2D eigenvalue weighted by molar-refractivity contribution is 0.251. The van der Waals surface area contributed by atoms with Crippen molar-refractivity contribution >= 4 is 39.0 Å². The highest BCUT2D eigenvalue weighted by Gasteiger charge is 2.14. The van der Waals surface area contributed by atoms with E-state index in [0.717, 1.165) is 0 Å². The van der Waals surface area contributed by atoms with Crippen molar-refractivity contribution in [2.45, 2.75) is 12.3 Å². The smallest absolute Gasteiger partial charge is 0.319 e. The monoisotopic (exact) mass is 420 g/mol. The summed E-state index contributed by atoms with van der Waals surface area (Å²) in [5.41, 5.74) is 1.39. The Morgan fingerprint density at radius 1 is 1.07 bits per heavy atom. The first-order valence-electron chi connectivity index (χ1n) is 8.17. The second-order valence-corrected chi connectivity index (χ2v) is 7.93. The molecule has 0 aliphatic rings. The highest BCUT2D eigenvalue weighted by atomic mass is 35.5. The van der Waals surface area contributed by atoms with E-state index in [9.17, 15) is 13.2 Å². The van der Waals surface area contributed by atoms with Crippen LogP contribution in [0.2, 0.25) is 5.02 Å². The molecule has 0 radical (unpaired) electrons. The van der Waals surface area contributed by atoms with Gasteiger partial charge in [-0.15, -0.1) is 0 Å². The Kier molecular flexibility index (Phi) is 6.17. The predicted molar refractivity (Wildman–Crippen MR) is 107 cm³/mol. The average Bonchev–Trinajstić information content (AvgIpc) is 3.17. The van der Waals surface area contributed by atoms with Crippen LogP contribution in [0, 0.1) is 0 Å². The summed E-state index contributed by atoms with van der Waals surface area (Å²) in [6, 6.07) is 12.6. The average molecular weight is 421 g/mol. The molecule has 0 atom stereocenters. The highest BCUT2D eigenvalue weighted by molar-refractivity contribution is 7.91. The zero-order chi connectivity index (χ0) is 20.0.